The van der Waals surface area contributed by atoms with Gasteiger partial charge in [0.05, 0.1) is 19.3 Å². The smallest absolute Gasteiger partial charge is 0.360 e. The third-order valence-corrected chi connectivity index (χ3v) is 2.58. The zero-order valence-corrected chi connectivity index (χ0v) is 10.1. The standard InChI is InChI=1S/C12H12FN3O2/c1-8-11(12(17)18-2)14-15-16(8)7-9-4-3-5-10(13)6-9/h3-6H,7H2,1-2H3. The molecule has 18 heavy (non-hydrogen) atoms. The molecule has 0 saturated carbocycles. The van der Waals surface area contributed by atoms with Gasteiger partial charge in [0.25, 0.3) is 0 Å². The molecule has 0 fully saturated rings. The quantitative estimate of drug-likeness (QED) is 0.774. The summed E-state index contributed by atoms with van der Waals surface area (Å²) in [7, 11) is 1.29. The molecule has 2 rings (SSSR count). The Morgan fingerprint density at radius 3 is 2.94 bits per heavy atom. The Morgan fingerprint density at radius 1 is 1.50 bits per heavy atom. The van der Waals surface area contributed by atoms with Crippen LogP contribution in [-0.4, -0.2) is 28.1 Å². The monoisotopic (exact) mass is 249 g/mol. The summed E-state index contributed by atoms with van der Waals surface area (Å²) >= 11 is 0. The number of halogens is 1. The molecule has 6 heteroatoms. The largest absolute Gasteiger partial charge is 0.464 e. The summed E-state index contributed by atoms with van der Waals surface area (Å²) in [6.07, 6.45) is 0. The van der Waals surface area contributed by atoms with Crippen LogP contribution in [-0.2, 0) is 11.3 Å². The number of methoxy groups -OCH3 is 1. The summed E-state index contributed by atoms with van der Waals surface area (Å²) in [6, 6.07) is 6.19. The summed E-state index contributed by atoms with van der Waals surface area (Å²) in [6.45, 7) is 2.07. The van der Waals surface area contributed by atoms with Crippen LogP contribution in [0, 0.1) is 12.7 Å². The number of carbonyl (C=O) groups is 1. The molecule has 0 bridgehead atoms. The Labute approximate surface area is 103 Å². The van der Waals surface area contributed by atoms with Crippen LogP contribution in [0.5, 0.6) is 0 Å². The van der Waals surface area contributed by atoms with E-state index >= 15 is 0 Å². The van der Waals surface area contributed by atoms with Crippen LogP contribution < -0.4 is 0 Å². The molecule has 0 N–H and O–H groups in total. The van der Waals surface area contributed by atoms with E-state index in [9.17, 15) is 9.18 Å². The molecule has 1 aromatic heterocycles. The summed E-state index contributed by atoms with van der Waals surface area (Å²) < 4.78 is 19.2. The van der Waals surface area contributed by atoms with Gasteiger partial charge in [0.2, 0.25) is 0 Å². The highest BCUT2D eigenvalue weighted by Gasteiger charge is 2.16. The minimum absolute atomic E-state index is 0.175. The van der Waals surface area contributed by atoms with Crippen molar-refractivity contribution in [3.63, 3.8) is 0 Å². The highest BCUT2D eigenvalue weighted by molar-refractivity contribution is 5.88. The summed E-state index contributed by atoms with van der Waals surface area (Å²) in [4.78, 5) is 11.4. The van der Waals surface area contributed by atoms with Gasteiger partial charge in [-0.05, 0) is 24.6 Å². The van der Waals surface area contributed by atoms with E-state index in [2.05, 4.69) is 15.0 Å². The Balaban J connectivity index is 2.25. The minimum atomic E-state index is -0.530. The molecule has 0 aliphatic heterocycles. The molecule has 0 aliphatic carbocycles. The lowest BCUT2D eigenvalue weighted by Crippen LogP contribution is -2.07. The molecule has 0 amide bonds. The lowest BCUT2D eigenvalue weighted by molar-refractivity contribution is 0.0593. The minimum Gasteiger partial charge on any atom is -0.464 e. The van der Waals surface area contributed by atoms with Crippen molar-refractivity contribution >= 4 is 5.97 Å². The zero-order valence-electron chi connectivity index (χ0n) is 10.1. The highest BCUT2D eigenvalue weighted by atomic mass is 19.1. The Kier molecular flexibility index (Phi) is 3.36. The number of aromatic nitrogens is 3. The van der Waals surface area contributed by atoms with Gasteiger partial charge >= 0.3 is 5.97 Å². The number of nitrogens with zero attached hydrogens (tertiary/aromatic N) is 3. The second-order valence-corrected chi connectivity index (χ2v) is 3.80. The average molecular weight is 249 g/mol. The van der Waals surface area contributed by atoms with Crippen LogP contribution >= 0.6 is 0 Å². The average Bonchev–Trinajstić information content (AvgIpc) is 2.70. The van der Waals surface area contributed by atoms with E-state index in [1.54, 1.807) is 19.1 Å². The predicted octanol–water partition coefficient (Wildman–Crippen LogP) is 1.56. The van der Waals surface area contributed by atoms with Crippen molar-refractivity contribution in [3.8, 4) is 0 Å². The van der Waals surface area contributed by atoms with E-state index in [1.165, 1.54) is 23.9 Å². The Bertz CT molecular complexity index is 580. The molecule has 1 aromatic carbocycles. The number of ether oxygens (including phenoxy) is 1. The van der Waals surface area contributed by atoms with Gasteiger partial charge in [-0.2, -0.15) is 0 Å². The van der Waals surface area contributed by atoms with Crippen LogP contribution in [0.1, 0.15) is 21.7 Å². The number of esters is 1. The van der Waals surface area contributed by atoms with Gasteiger partial charge in [-0.15, -0.1) is 5.10 Å². The first-order chi connectivity index (χ1) is 8.61. The van der Waals surface area contributed by atoms with Crippen LogP contribution in [0.3, 0.4) is 0 Å². The Morgan fingerprint density at radius 2 is 2.28 bits per heavy atom. The van der Waals surface area contributed by atoms with Gasteiger partial charge in [-0.25, -0.2) is 13.9 Å². The molecule has 0 atom stereocenters. The van der Waals surface area contributed by atoms with Crippen LogP contribution in [0.2, 0.25) is 0 Å². The number of benzene rings is 1. The molecule has 1 heterocycles. The molecule has 0 unspecified atom stereocenters. The number of carbonyl (C=O) groups excluding carboxylic acids is 1. The topological polar surface area (TPSA) is 57.0 Å². The fourth-order valence-corrected chi connectivity index (χ4v) is 1.60. The van der Waals surface area contributed by atoms with Gasteiger partial charge in [0.1, 0.15) is 5.82 Å². The first-order valence-corrected chi connectivity index (χ1v) is 5.34. The lowest BCUT2D eigenvalue weighted by Gasteiger charge is -2.03. The summed E-state index contributed by atoms with van der Waals surface area (Å²) in [5.41, 5.74) is 1.51. The van der Waals surface area contributed by atoms with Gasteiger partial charge in [0.15, 0.2) is 5.69 Å². The van der Waals surface area contributed by atoms with Crippen LogP contribution in [0.25, 0.3) is 0 Å². The van der Waals surface area contributed by atoms with Crippen molar-refractivity contribution in [2.75, 3.05) is 7.11 Å². The van der Waals surface area contributed by atoms with E-state index in [-0.39, 0.29) is 11.5 Å². The van der Waals surface area contributed by atoms with Crippen molar-refractivity contribution in [2.24, 2.45) is 0 Å². The van der Waals surface area contributed by atoms with Crippen molar-refractivity contribution in [2.45, 2.75) is 13.5 Å². The zero-order chi connectivity index (χ0) is 13.1. The molecular formula is C12H12FN3O2. The number of hydrogen-bond donors (Lipinski definition) is 0. The van der Waals surface area contributed by atoms with E-state index in [4.69, 9.17) is 0 Å². The van der Waals surface area contributed by atoms with Crippen LogP contribution in [0.15, 0.2) is 24.3 Å². The second-order valence-electron chi connectivity index (χ2n) is 3.80. The van der Waals surface area contributed by atoms with Crippen molar-refractivity contribution < 1.29 is 13.9 Å². The Hall–Kier alpha value is -2.24. The SMILES string of the molecule is COC(=O)c1nnn(Cc2cccc(F)c2)c1C. The third-order valence-electron chi connectivity index (χ3n) is 2.58. The van der Waals surface area contributed by atoms with E-state index in [0.29, 0.717) is 12.2 Å². The van der Waals surface area contributed by atoms with E-state index in [1.807, 2.05) is 0 Å². The fraction of sp³-hybridized carbons (Fsp3) is 0.250. The maximum absolute atomic E-state index is 13.0. The predicted molar refractivity (Wildman–Crippen MR) is 61.6 cm³/mol. The van der Waals surface area contributed by atoms with Gasteiger partial charge in [0, 0.05) is 0 Å². The van der Waals surface area contributed by atoms with Crippen molar-refractivity contribution in [1.29, 1.82) is 0 Å². The van der Waals surface area contributed by atoms with E-state index in [0.717, 1.165) is 5.56 Å². The molecule has 2 aromatic rings. The van der Waals surface area contributed by atoms with Gasteiger partial charge in [-0.3, -0.25) is 0 Å². The second kappa shape index (κ2) is 4.95. The molecule has 0 radical (unpaired) electrons. The maximum atomic E-state index is 13.0. The summed E-state index contributed by atoms with van der Waals surface area (Å²) in [5.74, 6) is -0.837. The molecule has 0 aliphatic rings. The van der Waals surface area contributed by atoms with E-state index < -0.39 is 5.97 Å². The normalized spacial score (nSPS) is 10.4. The number of hydrogen-bond acceptors (Lipinski definition) is 4. The molecule has 5 nitrogen and oxygen atoms in total. The maximum Gasteiger partial charge on any atom is 0.360 e. The molecule has 0 spiro atoms. The van der Waals surface area contributed by atoms with Gasteiger partial charge in [-0.1, -0.05) is 17.3 Å². The fourth-order valence-electron chi connectivity index (χ4n) is 1.60. The van der Waals surface area contributed by atoms with Gasteiger partial charge < -0.3 is 4.74 Å². The highest BCUT2D eigenvalue weighted by Crippen LogP contribution is 2.10. The molecule has 0 saturated heterocycles. The van der Waals surface area contributed by atoms with Crippen molar-refractivity contribution in [3.05, 3.63) is 47.0 Å². The number of rotatable bonds is 3. The van der Waals surface area contributed by atoms with Crippen molar-refractivity contribution in [1.82, 2.24) is 15.0 Å². The first kappa shape index (κ1) is 12.2. The summed E-state index contributed by atoms with van der Waals surface area (Å²) in [5, 5.41) is 7.60. The third kappa shape index (κ3) is 2.37. The molecule has 94 valence electrons. The lowest BCUT2D eigenvalue weighted by atomic mass is 10.2. The van der Waals surface area contributed by atoms with Crippen LogP contribution in [0.4, 0.5) is 4.39 Å². The first-order valence-electron chi connectivity index (χ1n) is 5.34. The molecular weight excluding hydrogens is 237 g/mol.